The summed E-state index contributed by atoms with van der Waals surface area (Å²) >= 11 is 1.65. The van der Waals surface area contributed by atoms with Crippen molar-refractivity contribution in [1.82, 2.24) is 24.8 Å². The second-order valence-corrected chi connectivity index (χ2v) is 10.4. The third-order valence-corrected chi connectivity index (χ3v) is 6.80. The average molecular weight is 476 g/mol. The van der Waals surface area contributed by atoms with Crippen molar-refractivity contribution in [1.29, 1.82) is 0 Å². The molecule has 1 aliphatic rings. The van der Waals surface area contributed by atoms with E-state index in [0.29, 0.717) is 5.95 Å². The lowest BCUT2D eigenvalue weighted by Gasteiger charge is -2.26. The van der Waals surface area contributed by atoms with Gasteiger partial charge < -0.3 is 15.8 Å². The number of nitrogens with zero attached hydrogens (tertiary/aromatic N) is 5. The maximum atomic E-state index is 5.68. The number of hydrogen-bond donors (Lipinski definition) is 2. The summed E-state index contributed by atoms with van der Waals surface area (Å²) in [5.74, 6) is 0.835. The number of nitrogens with two attached hydrogens (primary N) is 1. The molecule has 1 aliphatic heterocycles. The van der Waals surface area contributed by atoms with Gasteiger partial charge in [0, 0.05) is 59.6 Å². The quantitative estimate of drug-likeness (QED) is 0.432. The molecule has 3 aromatic heterocycles. The molecular formula is C25H29N7OS. The number of nitrogen functional groups attached to an aromatic ring is 1. The van der Waals surface area contributed by atoms with Gasteiger partial charge in [0.25, 0.3) is 0 Å². The monoisotopic (exact) mass is 475 g/mol. The summed E-state index contributed by atoms with van der Waals surface area (Å²) in [6, 6.07) is 8.48. The van der Waals surface area contributed by atoms with Crippen LogP contribution in [-0.4, -0.2) is 51.1 Å². The van der Waals surface area contributed by atoms with Crippen molar-refractivity contribution in [2.75, 3.05) is 37.4 Å². The minimum Gasteiger partial charge on any atom is -0.379 e. The van der Waals surface area contributed by atoms with Crippen molar-refractivity contribution in [2.45, 2.75) is 32.7 Å². The van der Waals surface area contributed by atoms with Crippen LogP contribution >= 0.6 is 11.3 Å². The highest BCUT2D eigenvalue weighted by Crippen LogP contribution is 2.38. The van der Waals surface area contributed by atoms with Crippen LogP contribution in [-0.2, 0) is 16.7 Å². The van der Waals surface area contributed by atoms with E-state index in [2.05, 4.69) is 70.6 Å². The molecule has 0 saturated carbocycles. The molecule has 4 aromatic rings. The molecule has 1 aromatic carbocycles. The zero-order valence-corrected chi connectivity index (χ0v) is 20.5. The number of benzene rings is 1. The van der Waals surface area contributed by atoms with Gasteiger partial charge in [-0.25, -0.2) is 19.9 Å². The first-order valence-electron chi connectivity index (χ1n) is 11.4. The van der Waals surface area contributed by atoms with Crippen molar-refractivity contribution < 1.29 is 4.74 Å². The van der Waals surface area contributed by atoms with E-state index in [1.165, 1.54) is 5.56 Å². The highest BCUT2D eigenvalue weighted by Gasteiger charge is 2.24. The molecule has 176 valence electrons. The summed E-state index contributed by atoms with van der Waals surface area (Å²) in [6.07, 6.45) is 3.48. The number of hydrogen-bond acceptors (Lipinski definition) is 9. The Hall–Kier alpha value is -3.14. The molecule has 0 aliphatic carbocycles. The zero-order valence-electron chi connectivity index (χ0n) is 19.7. The second kappa shape index (κ2) is 9.25. The fraction of sp³-hybridized carbons (Fsp3) is 0.360. The number of rotatable bonds is 5. The van der Waals surface area contributed by atoms with E-state index in [0.717, 1.165) is 65.6 Å². The maximum absolute atomic E-state index is 5.68. The number of thiophene rings is 1. The fourth-order valence-electron chi connectivity index (χ4n) is 4.00. The molecule has 1 saturated heterocycles. The van der Waals surface area contributed by atoms with Gasteiger partial charge in [-0.3, -0.25) is 4.90 Å². The predicted molar refractivity (Wildman–Crippen MR) is 137 cm³/mol. The van der Waals surface area contributed by atoms with E-state index in [-0.39, 0.29) is 11.4 Å². The van der Waals surface area contributed by atoms with Gasteiger partial charge in [0.2, 0.25) is 11.9 Å². The van der Waals surface area contributed by atoms with Crippen LogP contribution in [0.3, 0.4) is 0 Å². The van der Waals surface area contributed by atoms with Crippen LogP contribution in [0.2, 0.25) is 0 Å². The molecule has 8 nitrogen and oxygen atoms in total. The number of nitrogens with one attached hydrogen (secondary N) is 1. The fourth-order valence-corrected chi connectivity index (χ4v) is 5.22. The molecule has 0 radical (unpaired) electrons. The molecule has 5 rings (SSSR count). The van der Waals surface area contributed by atoms with Gasteiger partial charge in [-0.1, -0.05) is 32.9 Å². The lowest BCUT2D eigenvalue weighted by Crippen LogP contribution is -2.35. The Labute approximate surface area is 203 Å². The third kappa shape index (κ3) is 4.86. The number of fused-ring (bicyclic) bond motifs is 1. The molecule has 3 N–H and O–H groups in total. The summed E-state index contributed by atoms with van der Waals surface area (Å²) in [5, 5.41) is 5.51. The highest BCUT2D eigenvalue weighted by molar-refractivity contribution is 7.17. The van der Waals surface area contributed by atoms with E-state index < -0.39 is 0 Å². The van der Waals surface area contributed by atoms with Crippen LogP contribution in [0, 0.1) is 0 Å². The van der Waals surface area contributed by atoms with Gasteiger partial charge in [0.15, 0.2) is 0 Å². The van der Waals surface area contributed by atoms with Crippen molar-refractivity contribution in [3.05, 3.63) is 53.3 Å². The van der Waals surface area contributed by atoms with Crippen molar-refractivity contribution >= 4 is 39.1 Å². The smallest absolute Gasteiger partial charge is 0.228 e. The summed E-state index contributed by atoms with van der Waals surface area (Å²) < 4.78 is 6.52. The minimum absolute atomic E-state index is 0.140. The molecule has 9 heteroatoms. The second-order valence-electron chi connectivity index (χ2n) is 9.51. The average Bonchev–Trinajstić information content (AvgIpc) is 3.24. The Morgan fingerprint density at radius 3 is 2.44 bits per heavy atom. The summed E-state index contributed by atoms with van der Waals surface area (Å²) in [4.78, 5) is 20.5. The van der Waals surface area contributed by atoms with Crippen molar-refractivity contribution in [3.8, 4) is 11.1 Å². The summed E-state index contributed by atoms with van der Waals surface area (Å²) in [6.45, 7) is 11.0. The normalized spacial score (nSPS) is 15.0. The molecule has 0 bridgehead atoms. The molecule has 0 spiro atoms. The maximum Gasteiger partial charge on any atom is 0.228 e. The lowest BCUT2D eigenvalue weighted by molar-refractivity contribution is 0.0342. The summed E-state index contributed by atoms with van der Waals surface area (Å²) in [5.41, 5.74) is 11.6. The number of anilines is 3. The van der Waals surface area contributed by atoms with Crippen LogP contribution in [0.15, 0.2) is 42.0 Å². The Morgan fingerprint density at radius 1 is 1.06 bits per heavy atom. The largest absolute Gasteiger partial charge is 0.379 e. The first-order chi connectivity index (χ1) is 16.4. The Morgan fingerprint density at radius 2 is 1.76 bits per heavy atom. The minimum atomic E-state index is -0.140. The molecule has 0 atom stereocenters. The van der Waals surface area contributed by atoms with Crippen molar-refractivity contribution in [3.63, 3.8) is 0 Å². The van der Waals surface area contributed by atoms with E-state index in [4.69, 9.17) is 20.4 Å². The first kappa shape index (κ1) is 22.6. The van der Waals surface area contributed by atoms with Gasteiger partial charge >= 0.3 is 0 Å². The van der Waals surface area contributed by atoms with Gasteiger partial charge in [-0.05, 0) is 17.7 Å². The van der Waals surface area contributed by atoms with Gasteiger partial charge in [-0.2, -0.15) is 0 Å². The lowest BCUT2D eigenvalue weighted by atomic mass is 9.91. The molecular weight excluding hydrogens is 446 g/mol. The Bertz CT molecular complexity index is 1270. The summed E-state index contributed by atoms with van der Waals surface area (Å²) in [7, 11) is 0. The molecule has 34 heavy (non-hydrogen) atoms. The SMILES string of the molecule is CC(C)(C)c1nc(Nc2ccc(CN3CCOCC3)cc2)nc2c(-c3cnc(N)nc3)csc12. The molecule has 0 unspecified atom stereocenters. The zero-order chi connectivity index (χ0) is 23.7. The van der Waals surface area contributed by atoms with Gasteiger partial charge in [0.05, 0.1) is 29.1 Å². The van der Waals surface area contributed by atoms with E-state index in [1.54, 1.807) is 23.7 Å². The topological polar surface area (TPSA) is 102 Å². The Kier molecular flexibility index (Phi) is 6.16. The molecule has 0 amide bonds. The van der Waals surface area contributed by atoms with E-state index >= 15 is 0 Å². The predicted octanol–water partition coefficient (Wildman–Crippen LogP) is 4.60. The van der Waals surface area contributed by atoms with Crippen molar-refractivity contribution in [2.24, 2.45) is 0 Å². The van der Waals surface area contributed by atoms with Gasteiger partial charge in [0.1, 0.15) is 0 Å². The van der Waals surface area contributed by atoms with Crippen LogP contribution in [0.1, 0.15) is 32.0 Å². The molecule has 1 fully saturated rings. The van der Waals surface area contributed by atoms with Crippen LogP contribution in [0.25, 0.3) is 21.3 Å². The molecule has 4 heterocycles. The van der Waals surface area contributed by atoms with E-state index in [1.807, 2.05) is 0 Å². The first-order valence-corrected chi connectivity index (χ1v) is 12.3. The third-order valence-electron chi connectivity index (χ3n) is 5.83. The van der Waals surface area contributed by atoms with E-state index in [9.17, 15) is 0 Å². The van der Waals surface area contributed by atoms with Crippen LogP contribution < -0.4 is 11.1 Å². The number of ether oxygens (including phenoxy) is 1. The number of aromatic nitrogens is 4. The standard InChI is InChI=1S/C25H29N7OS/c1-25(2,3)22-21-20(19(15-34-21)17-12-27-23(26)28-13-17)30-24(31-22)29-18-6-4-16(5-7-18)14-32-8-10-33-11-9-32/h4-7,12-13,15H,8-11,14H2,1-3H3,(H2,26,27,28)(H,29,30,31). The Balaban J connectivity index is 1.45. The number of morpholine rings is 1. The van der Waals surface area contributed by atoms with Crippen LogP contribution in [0.4, 0.5) is 17.6 Å². The van der Waals surface area contributed by atoms with Gasteiger partial charge in [-0.15, -0.1) is 11.3 Å². The highest BCUT2D eigenvalue weighted by atomic mass is 32.1. The van der Waals surface area contributed by atoms with Crippen LogP contribution in [0.5, 0.6) is 0 Å².